The highest BCUT2D eigenvalue weighted by molar-refractivity contribution is 5.99. The zero-order valence-electron chi connectivity index (χ0n) is 18.7. The minimum Gasteiger partial charge on any atom is -0.488 e. The van der Waals surface area contributed by atoms with Crippen molar-refractivity contribution in [2.24, 2.45) is 0 Å². The minimum atomic E-state index is -0.488. The van der Waals surface area contributed by atoms with Gasteiger partial charge in [0.15, 0.2) is 11.5 Å². The number of nitro groups is 1. The van der Waals surface area contributed by atoms with Gasteiger partial charge in [-0.3, -0.25) is 14.9 Å². The first-order chi connectivity index (χ1) is 16.5. The highest BCUT2D eigenvalue weighted by Crippen LogP contribution is 2.33. The maximum Gasteiger partial charge on any atom is 0.334 e. The predicted octanol–water partition coefficient (Wildman–Crippen LogP) is 6.07. The highest BCUT2D eigenvalue weighted by Gasteiger charge is 2.29. The first-order valence-corrected chi connectivity index (χ1v) is 11.0. The summed E-state index contributed by atoms with van der Waals surface area (Å²) in [6, 6.07) is 26.3. The average molecular weight is 456 g/mol. The van der Waals surface area contributed by atoms with E-state index in [2.05, 4.69) is 5.16 Å². The highest BCUT2D eigenvalue weighted by atomic mass is 16.6. The van der Waals surface area contributed by atoms with E-state index in [0.29, 0.717) is 17.9 Å². The van der Waals surface area contributed by atoms with Crippen LogP contribution < -0.4 is 4.74 Å². The number of hydrogen-bond acceptors (Lipinski definition) is 6. The number of hydrogen-bond donors (Lipinski definition) is 0. The molecular weight excluding hydrogens is 432 g/mol. The van der Waals surface area contributed by atoms with Crippen LogP contribution in [0.5, 0.6) is 5.75 Å². The quantitative estimate of drug-likeness (QED) is 0.163. The molecule has 1 unspecified atom stereocenters. The second-order valence-electron chi connectivity index (χ2n) is 8.01. The van der Waals surface area contributed by atoms with Gasteiger partial charge in [0, 0.05) is 12.8 Å². The first kappa shape index (κ1) is 22.9. The Morgan fingerprint density at radius 3 is 2.35 bits per heavy atom. The van der Waals surface area contributed by atoms with Crippen molar-refractivity contribution in [2.45, 2.75) is 32.3 Å². The third-order valence-electron chi connectivity index (χ3n) is 5.64. The minimum absolute atomic E-state index is 0.114. The van der Waals surface area contributed by atoms with Crippen LogP contribution in [0.15, 0.2) is 89.5 Å². The summed E-state index contributed by atoms with van der Waals surface area (Å²) in [4.78, 5) is 24.4. The van der Waals surface area contributed by atoms with Gasteiger partial charge in [-0.05, 0) is 36.1 Å². The van der Waals surface area contributed by atoms with E-state index in [1.54, 1.807) is 18.2 Å². The summed E-state index contributed by atoms with van der Waals surface area (Å²) in [6.07, 6.45) is 0.312. The second kappa shape index (κ2) is 10.6. The van der Waals surface area contributed by atoms with Crippen LogP contribution in [0.4, 0.5) is 5.69 Å². The Hall–Kier alpha value is -4.26. The lowest BCUT2D eigenvalue weighted by Crippen LogP contribution is -2.12. The Morgan fingerprint density at radius 1 is 1.00 bits per heavy atom. The molecular formula is C27H24N2O5. The van der Waals surface area contributed by atoms with Crippen LogP contribution in [0.2, 0.25) is 0 Å². The SMILES string of the molecule is Cc1noc(CC(CC(=O)c2ccccc2OCc2ccccc2)c2ccccc2)c1[N+](=O)[O-]. The Labute approximate surface area is 197 Å². The Balaban J connectivity index is 1.58. The summed E-state index contributed by atoms with van der Waals surface area (Å²) in [6.45, 7) is 1.88. The fourth-order valence-electron chi connectivity index (χ4n) is 3.93. The molecule has 34 heavy (non-hydrogen) atoms. The van der Waals surface area contributed by atoms with Gasteiger partial charge in [-0.1, -0.05) is 78.0 Å². The molecule has 0 bridgehead atoms. The molecule has 4 rings (SSSR count). The number of ether oxygens (including phenoxy) is 1. The van der Waals surface area contributed by atoms with Crippen LogP contribution >= 0.6 is 0 Å². The molecule has 3 aromatic carbocycles. The number of carbonyl (C=O) groups excluding carboxylic acids is 1. The molecule has 0 N–H and O–H groups in total. The standard InChI is InChI=1S/C27H24N2O5/c1-19-27(29(31)32)26(34-28-19)17-22(21-12-6-3-7-13-21)16-24(30)23-14-8-9-15-25(23)33-18-20-10-4-2-5-11-20/h2-15,22H,16-18H2,1H3. The summed E-state index contributed by atoms with van der Waals surface area (Å²) in [5.74, 6) is 0.223. The lowest BCUT2D eigenvalue weighted by Gasteiger charge is -2.17. The van der Waals surface area contributed by atoms with E-state index in [9.17, 15) is 14.9 Å². The third kappa shape index (κ3) is 5.38. The van der Waals surface area contributed by atoms with E-state index in [4.69, 9.17) is 9.26 Å². The van der Waals surface area contributed by atoms with Crippen LogP contribution in [0.3, 0.4) is 0 Å². The zero-order chi connectivity index (χ0) is 23.9. The topological polar surface area (TPSA) is 95.5 Å². The summed E-state index contributed by atoms with van der Waals surface area (Å²) < 4.78 is 11.2. The molecule has 0 fully saturated rings. The van der Waals surface area contributed by atoms with E-state index in [1.165, 1.54) is 6.92 Å². The van der Waals surface area contributed by atoms with E-state index >= 15 is 0 Å². The molecule has 0 aliphatic carbocycles. The van der Waals surface area contributed by atoms with E-state index < -0.39 is 4.92 Å². The smallest absolute Gasteiger partial charge is 0.334 e. The van der Waals surface area contributed by atoms with Gasteiger partial charge in [-0.25, -0.2) is 0 Å². The number of aromatic nitrogens is 1. The number of carbonyl (C=O) groups is 1. The maximum absolute atomic E-state index is 13.4. The number of rotatable bonds is 10. The Kier molecular flexibility index (Phi) is 7.13. The van der Waals surface area contributed by atoms with Crippen LogP contribution in [0.25, 0.3) is 0 Å². The van der Waals surface area contributed by atoms with Gasteiger partial charge in [0.2, 0.25) is 5.76 Å². The maximum atomic E-state index is 13.4. The van der Waals surface area contributed by atoms with Gasteiger partial charge >= 0.3 is 5.69 Å². The van der Waals surface area contributed by atoms with Crippen molar-refractivity contribution < 1.29 is 19.0 Å². The van der Waals surface area contributed by atoms with Crippen LogP contribution in [-0.2, 0) is 13.0 Å². The molecule has 0 aliphatic heterocycles. The molecule has 1 atom stereocenters. The number of benzene rings is 3. The molecule has 0 saturated heterocycles. The fourth-order valence-corrected chi connectivity index (χ4v) is 3.93. The predicted molar refractivity (Wildman–Crippen MR) is 127 cm³/mol. The molecule has 7 nitrogen and oxygen atoms in total. The zero-order valence-corrected chi connectivity index (χ0v) is 18.7. The average Bonchev–Trinajstić information content (AvgIpc) is 3.23. The van der Waals surface area contributed by atoms with Crippen molar-refractivity contribution in [1.29, 1.82) is 0 Å². The summed E-state index contributed by atoms with van der Waals surface area (Å²) >= 11 is 0. The largest absolute Gasteiger partial charge is 0.488 e. The fraction of sp³-hybridized carbons (Fsp3) is 0.185. The van der Waals surface area contributed by atoms with E-state index in [0.717, 1.165) is 11.1 Å². The number of aryl methyl sites for hydroxylation is 1. The van der Waals surface area contributed by atoms with Crippen molar-refractivity contribution in [1.82, 2.24) is 5.16 Å². The third-order valence-corrected chi connectivity index (χ3v) is 5.64. The summed E-state index contributed by atoms with van der Waals surface area (Å²) in [5, 5.41) is 15.3. The van der Waals surface area contributed by atoms with Crippen molar-refractivity contribution in [3.8, 4) is 5.75 Å². The summed E-state index contributed by atoms with van der Waals surface area (Å²) in [7, 11) is 0. The van der Waals surface area contributed by atoms with Gasteiger partial charge in [0.25, 0.3) is 0 Å². The number of Topliss-reactive ketones (excluding diaryl/α,β-unsaturated/α-hetero) is 1. The van der Waals surface area contributed by atoms with Crippen molar-refractivity contribution >= 4 is 11.5 Å². The molecule has 0 spiro atoms. The lowest BCUT2D eigenvalue weighted by atomic mass is 9.87. The molecule has 1 heterocycles. The molecule has 0 aliphatic rings. The second-order valence-corrected chi connectivity index (χ2v) is 8.01. The van der Waals surface area contributed by atoms with Gasteiger partial charge in [-0.15, -0.1) is 0 Å². The molecule has 0 radical (unpaired) electrons. The number of para-hydroxylation sites is 1. The molecule has 4 aromatic rings. The monoisotopic (exact) mass is 456 g/mol. The molecule has 0 amide bonds. The van der Waals surface area contributed by atoms with Gasteiger partial charge in [0.1, 0.15) is 12.4 Å². The molecule has 172 valence electrons. The van der Waals surface area contributed by atoms with Gasteiger partial charge < -0.3 is 9.26 Å². The Bertz CT molecular complexity index is 1270. The van der Waals surface area contributed by atoms with Gasteiger partial charge in [0.05, 0.1) is 10.5 Å². The van der Waals surface area contributed by atoms with Crippen LogP contribution in [0, 0.1) is 17.0 Å². The van der Waals surface area contributed by atoms with E-state index in [-0.39, 0.29) is 41.7 Å². The summed E-state index contributed by atoms with van der Waals surface area (Å²) in [5.41, 5.74) is 2.45. The van der Waals surface area contributed by atoms with Crippen LogP contribution in [0.1, 0.15) is 45.3 Å². The van der Waals surface area contributed by atoms with Crippen LogP contribution in [-0.4, -0.2) is 15.9 Å². The lowest BCUT2D eigenvalue weighted by molar-refractivity contribution is -0.386. The van der Waals surface area contributed by atoms with Crippen molar-refractivity contribution in [3.05, 3.63) is 123 Å². The van der Waals surface area contributed by atoms with E-state index in [1.807, 2.05) is 66.7 Å². The first-order valence-electron chi connectivity index (χ1n) is 11.0. The number of ketones is 1. The van der Waals surface area contributed by atoms with Gasteiger partial charge in [-0.2, -0.15) is 0 Å². The molecule has 0 saturated carbocycles. The van der Waals surface area contributed by atoms with Crippen molar-refractivity contribution in [3.63, 3.8) is 0 Å². The molecule has 1 aromatic heterocycles. The Morgan fingerprint density at radius 2 is 1.65 bits per heavy atom. The normalized spacial score (nSPS) is 11.7. The molecule has 7 heteroatoms. The van der Waals surface area contributed by atoms with Crippen molar-refractivity contribution in [2.75, 3.05) is 0 Å². The number of nitrogens with zero attached hydrogens (tertiary/aromatic N) is 2.